The van der Waals surface area contributed by atoms with Gasteiger partial charge in [-0.3, -0.25) is 0 Å². The number of rotatable bonds is 6. The highest BCUT2D eigenvalue weighted by molar-refractivity contribution is 8.01. The Morgan fingerprint density at radius 2 is 1.78 bits per heavy atom. The third kappa shape index (κ3) is 4.60. The summed E-state index contributed by atoms with van der Waals surface area (Å²) in [7, 11) is -6.81. The summed E-state index contributed by atoms with van der Waals surface area (Å²) in [5, 5.41) is 4.89. The van der Waals surface area contributed by atoms with Gasteiger partial charge in [0.1, 0.15) is 0 Å². The summed E-state index contributed by atoms with van der Waals surface area (Å²) in [6.45, 7) is 1.57. The van der Waals surface area contributed by atoms with E-state index in [-0.39, 0.29) is 22.2 Å². The van der Waals surface area contributed by atoms with Gasteiger partial charge >= 0.3 is 0 Å². The molecule has 0 aliphatic rings. The lowest BCUT2D eigenvalue weighted by atomic mass is 10.4. The maximum atomic E-state index is 11.8. The number of thioether (sulfide) groups is 1. The van der Waals surface area contributed by atoms with Crippen LogP contribution in [0, 0.1) is 0 Å². The molecular formula is C10H15NO4S3. The molecule has 0 fully saturated rings. The minimum atomic E-state index is -3.52. The van der Waals surface area contributed by atoms with E-state index in [0.717, 1.165) is 0 Å². The Morgan fingerprint density at radius 1 is 1.17 bits per heavy atom. The first kappa shape index (κ1) is 15.5. The lowest BCUT2D eigenvalue weighted by Gasteiger charge is -2.08. The van der Waals surface area contributed by atoms with Crippen LogP contribution in [0.4, 0.5) is 0 Å². The van der Waals surface area contributed by atoms with Crippen LogP contribution < -0.4 is 5.14 Å². The molecule has 0 aliphatic heterocycles. The molecule has 18 heavy (non-hydrogen) atoms. The quantitative estimate of drug-likeness (QED) is 0.787. The minimum Gasteiger partial charge on any atom is -0.229 e. The van der Waals surface area contributed by atoms with E-state index in [4.69, 9.17) is 5.14 Å². The van der Waals surface area contributed by atoms with Gasteiger partial charge in [0.15, 0.2) is 9.84 Å². The van der Waals surface area contributed by atoms with Gasteiger partial charge in [0.25, 0.3) is 0 Å². The molecule has 0 bridgehead atoms. The van der Waals surface area contributed by atoms with Crippen LogP contribution in [0.15, 0.2) is 34.1 Å². The molecule has 8 heteroatoms. The van der Waals surface area contributed by atoms with Crippen molar-refractivity contribution in [3.63, 3.8) is 0 Å². The highest BCUT2D eigenvalue weighted by Gasteiger charge is 2.16. The molecule has 102 valence electrons. The first-order valence-electron chi connectivity index (χ1n) is 5.21. The van der Waals surface area contributed by atoms with Crippen LogP contribution in [0.1, 0.15) is 6.92 Å². The average molecular weight is 309 g/mol. The molecule has 0 saturated carbocycles. The third-order valence-corrected chi connectivity index (χ3v) is 6.21. The van der Waals surface area contributed by atoms with E-state index in [1.165, 1.54) is 17.8 Å². The molecule has 0 heterocycles. The molecule has 0 aromatic heterocycles. The van der Waals surface area contributed by atoms with Gasteiger partial charge in [-0.25, -0.2) is 22.0 Å². The van der Waals surface area contributed by atoms with Crippen LogP contribution in [0.2, 0.25) is 0 Å². The van der Waals surface area contributed by atoms with E-state index >= 15 is 0 Å². The standard InChI is InChI=1S/C10H15NO4S3/c1-2-17(12,13)10-6-4-3-5-9(10)16-7-8-18(11,14)15/h3-6H,2,7-8H2,1H3,(H2,11,14,15). The summed E-state index contributed by atoms with van der Waals surface area (Å²) in [5.41, 5.74) is 0. The monoisotopic (exact) mass is 309 g/mol. The summed E-state index contributed by atoms with van der Waals surface area (Å²) in [6, 6.07) is 6.55. The van der Waals surface area contributed by atoms with Crippen molar-refractivity contribution in [2.24, 2.45) is 5.14 Å². The summed E-state index contributed by atoms with van der Waals surface area (Å²) in [6.07, 6.45) is 0. The summed E-state index contributed by atoms with van der Waals surface area (Å²) in [4.78, 5) is 0.801. The Hall–Kier alpha value is -0.570. The predicted molar refractivity (Wildman–Crippen MR) is 72.9 cm³/mol. The minimum absolute atomic E-state index is 0.0137. The highest BCUT2D eigenvalue weighted by atomic mass is 32.2. The summed E-state index contributed by atoms with van der Waals surface area (Å²) >= 11 is 1.18. The SMILES string of the molecule is CCS(=O)(=O)c1ccccc1SCCS(N)(=O)=O. The van der Waals surface area contributed by atoms with Gasteiger partial charge < -0.3 is 0 Å². The van der Waals surface area contributed by atoms with Gasteiger partial charge in [-0.2, -0.15) is 0 Å². The Kier molecular flexibility index (Phi) is 5.20. The largest absolute Gasteiger partial charge is 0.229 e. The van der Waals surface area contributed by atoms with Crippen LogP contribution in [0.5, 0.6) is 0 Å². The molecule has 0 amide bonds. The number of hydrogen-bond acceptors (Lipinski definition) is 5. The van der Waals surface area contributed by atoms with E-state index in [2.05, 4.69) is 0 Å². The fourth-order valence-corrected chi connectivity index (χ4v) is 4.65. The smallest absolute Gasteiger partial charge is 0.209 e. The van der Waals surface area contributed by atoms with Crippen LogP contribution >= 0.6 is 11.8 Å². The zero-order valence-corrected chi connectivity index (χ0v) is 12.3. The van der Waals surface area contributed by atoms with Crippen molar-refractivity contribution < 1.29 is 16.8 Å². The first-order valence-corrected chi connectivity index (χ1v) is 9.56. The lowest BCUT2D eigenvalue weighted by Crippen LogP contribution is -2.18. The van der Waals surface area contributed by atoms with E-state index in [0.29, 0.717) is 4.90 Å². The highest BCUT2D eigenvalue weighted by Crippen LogP contribution is 2.27. The lowest BCUT2D eigenvalue weighted by molar-refractivity contribution is 0.595. The normalized spacial score (nSPS) is 12.6. The maximum Gasteiger partial charge on any atom is 0.209 e. The fraction of sp³-hybridized carbons (Fsp3) is 0.400. The van der Waals surface area contributed by atoms with Gasteiger partial charge in [0.05, 0.1) is 16.4 Å². The molecule has 2 N–H and O–H groups in total. The number of sulfonamides is 1. The van der Waals surface area contributed by atoms with Gasteiger partial charge in [-0.15, -0.1) is 11.8 Å². The zero-order valence-electron chi connectivity index (χ0n) is 9.87. The van der Waals surface area contributed by atoms with E-state index < -0.39 is 19.9 Å². The number of benzene rings is 1. The van der Waals surface area contributed by atoms with Crippen molar-refractivity contribution in [3.05, 3.63) is 24.3 Å². The van der Waals surface area contributed by atoms with Gasteiger partial charge in [0.2, 0.25) is 10.0 Å². The molecule has 5 nitrogen and oxygen atoms in total. The van der Waals surface area contributed by atoms with Crippen molar-refractivity contribution >= 4 is 31.6 Å². The van der Waals surface area contributed by atoms with Crippen molar-refractivity contribution in [1.82, 2.24) is 0 Å². The zero-order chi connectivity index (χ0) is 13.8. The average Bonchev–Trinajstić information content (AvgIpc) is 2.28. The molecule has 0 unspecified atom stereocenters. The van der Waals surface area contributed by atoms with Crippen molar-refractivity contribution in [2.75, 3.05) is 17.3 Å². The topological polar surface area (TPSA) is 94.3 Å². The molecule has 1 aromatic carbocycles. The molecule has 0 atom stereocenters. The fourth-order valence-electron chi connectivity index (χ4n) is 1.25. The molecular weight excluding hydrogens is 294 g/mol. The summed E-state index contributed by atoms with van der Waals surface area (Å²) in [5.74, 6) is 0.0625. The van der Waals surface area contributed by atoms with Crippen LogP contribution in [0.3, 0.4) is 0 Å². The van der Waals surface area contributed by atoms with E-state index in [9.17, 15) is 16.8 Å². The molecule has 0 saturated heterocycles. The van der Waals surface area contributed by atoms with E-state index in [1.54, 1.807) is 25.1 Å². The Bertz CT molecular complexity index is 608. The first-order chi connectivity index (χ1) is 8.26. The number of primary sulfonamides is 1. The molecule has 0 spiro atoms. The van der Waals surface area contributed by atoms with Crippen LogP contribution in [-0.4, -0.2) is 34.1 Å². The molecule has 0 radical (unpaired) electrons. The number of hydrogen-bond donors (Lipinski definition) is 1. The molecule has 1 aromatic rings. The second-order valence-electron chi connectivity index (χ2n) is 3.57. The second kappa shape index (κ2) is 6.05. The number of sulfone groups is 1. The van der Waals surface area contributed by atoms with Crippen LogP contribution in [-0.2, 0) is 19.9 Å². The van der Waals surface area contributed by atoms with Crippen molar-refractivity contribution in [1.29, 1.82) is 0 Å². The maximum absolute atomic E-state index is 11.8. The third-order valence-electron chi connectivity index (χ3n) is 2.19. The van der Waals surface area contributed by atoms with Crippen molar-refractivity contribution in [3.8, 4) is 0 Å². The Labute approximate surface area is 112 Å². The van der Waals surface area contributed by atoms with Gasteiger partial charge in [-0.05, 0) is 12.1 Å². The Morgan fingerprint density at radius 3 is 2.33 bits per heavy atom. The Balaban J connectivity index is 2.91. The summed E-state index contributed by atoms with van der Waals surface area (Å²) < 4.78 is 45.3. The number of nitrogens with two attached hydrogens (primary N) is 1. The molecule has 0 aliphatic carbocycles. The predicted octanol–water partition coefficient (Wildman–Crippen LogP) is 0.861. The second-order valence-corrected chi connectivity index (χ2v) is 8.68. The van der Waals surface area contributed by atoms with Crippen LogP contribution in [0.25, 0.3) is 0 Å². The molecule has 1 rings (SSSR count). The van der Waals surface area contributed by atoms with E-state index in [1.807, 2.05) is 0 Å². The van der Waals surface area contributed by atoms with Gasteiger partial charge in [0, 0.05) is 10.6 Å². The van der Waals surface area contributed by atoms with Crippen molar-refractivity contribution in [2.45, 2.75) is 16.7 Å². The van der Waals surface area contributed by atoms with Gasteiger partial charge in [-0.1, -0.05) is 19.1 Å².